The van der Waals surface area contributed by atoms with E-state index in [-0.39, 0.29) is 10.6 Å². The number of anilines is 1. The lowest BCUT2D eigenvalue weighted by atomic mass is 10.0. The van der Waals surface area contributed by atoms with Gasteiger partial charge in [0.25, 0.3) is 0 Å². The van der Waals surface area contributed by atoms with Crippen molar-refractivity contribution in [2.24, 2.45) is 5.92 Å². The summed E-state index contributed by atoms with van der Waals surface area (Å²) in [7, 11) is 0. The lowest BCUT2D eigenvalue weighted by Gasteiger charge is -2.41. The van der Waals surface area contributed by atoms with Gasteiger partial charge in [0, 0.05) is 23.3 Å². The maximum Gasteiger partial charge on any atom is 0.220 e. The third-order valence-corrected chi connectivity index (χ3v) is 3.63. The highest BCUT2D eigenvalue weighted by Gasteiger charge is 2.22. The topological polar surface area (TPSA) is 88.0 Å². The number of nitrogens with zero attached hydrogens (tertiary/aromatic N) is 3. The van der Waals surface area contributed by atoms with Crippen molar-refractivity contribution in [2.75, 3.05) is 18.8 Å². The normalized spacial score (nSPS) is 20.8. The van der Waals surface area contributed by atoms with Crippen LogP contribution >= 0.6 is 0 Å². The van der Waals surface area contributed by atoms with Gasteiger partial charge in [0.15, 0.2) is 5.76 Å². The molecule has 2 N–H and O–H groups in total. The van der Waals surface area contributed by atoms with Crippen molar-refractivity contribution in [2.45, 2.75) is 13.8 Å². The molecule has 120 valence electrons. The largest absolute Gasteiger partial charge is 0.628 e. The zero-order valence-electron chi connectivity index (χ0n) is 13.3. The van der Waals surface area contributed by atoms with Crippen LogP contribution in [0.15, 0.2) is 47.4 Å². The molecule has 2 aromatic heterocycles. The predicted octanol–water partition coefficient (Wildman–Crippen LogP) is 3.20. The summed E-state index contributed by atoms with van der Waals surface area (Å²) >= 11 is 0. The van der Waals surface area contributed by atoms with Gasteiger partial charge in [-0.3, -0.25) is 0 Å². The lowest BCUT2D eigenvalue weighted by Crippen LogP contribution is -2.41. The highest BCUT2D eigenvalue weighted by Crippen LogP contribution is 2.31. The molecule has 6 heteroatoms. The minimum atomic E-state index is -0.383. The van der Waals surface area contributed by atoms with Crippen LogP contribution in [0.25, 0.3) is 17.0 Å². The summed E-state index contributed by atoms with van der Waals surface area (Å²) < 4.78 is 5.06. The number of quaternary nitrogens is 1. The molecule has 0 spiro atoms. The molecule has 2 aromatic rings. The van der Waals surface area contributed by atoms with Crippen LogP contribution in [0.4, 0.5) is 5.95 Å². The highest BCUT2D eigenvalue weighted by atomic mass is 16.5. The van der Waals surface area contributed by atoms with Crippen LogP contribution in [0.5, 0.6) is 0 Å². The quantitative estimate of drug-likeness (QED) is 0.692. The van der Waals surface area contributed by atoms with Crippen molar-refractivity contribution in [3.63, 3.8) is 0 Å². The molecule has 0 radical (unpaired) electrons. The summed E-state index contributed by atoms with van der Waals surface area (Å²) in [6.45, 7) is 5.06. The maximum atomic E-state index is 12.9. The number of nitrogens with two attached hydrogens (primary N) is 1. The molecule has 1 aliphatic heterocycles. The Hall–Kier alpha value is -2.44. The molecule has 1 unspecified atom stereocenters. The van der Waals surface area contributed by atoms with Crippen LogP contribution in [0, 0.1) is 11.1 Å². The minimum Gasteiger partial charge on any atom is -0.628 e. The molecule has 0 aromatic carbocycles. The van der Waals surface area contributed by atoms with E-state index in [1.165, 1.54) is 0 Å². The van der Waals surface area contributed by atoms with Crippen LogP contribution in [0.1, 0.15) is 19.4 Å². The van der Waals surface area contributed by atoms with Gasteiger partial charge in [-0.05, 0) is 24.3 Å². The van der Waals surface area contributed by atoms with Crippen molar-refractivity contribution >= 4 is 11.5 Å². The Bertz CT molecular complexity index is 750. The van der Waals surface area contributed by atoms with Crippen LogP contribution in [0.2, 0.25) is 0 Å². The fraction of sp³-hybridized carbons (Fsp3) is 0.294. The molecule has 0 saturated heterocycles. The van der Waals surface area contributed by atoms with Gasteiger partial charge in [0.05, 0.1) is 12.8 Å². The first kappa shape index (κ1) is 15.5. The first-order valence-corrected chi connectivity index (χ1v) is 7.61. The number of rotatable bonds is 4. The number of hydrogen-bond donors (Lipinski definition) is 1. The van der Waals surface area contributed by atoms with Crippen molar-refractivity contribution in [3.05, 3.63) is 53.7 Å². The zero-order chi connectivity index (χ0) is 16.4. The Morgan fingerprint density at radius 1 is 1.43 bits per heavy atom. The van der Waals surface area contributed by atoms with E-state index in [1.54, 1.807) is 24.7 Å². The zero-order valence-corrected chi connectivity index (χ0v) is 13.3. The van der Waals surface area contributed by atoms with Crippen molar-refractivity contribution < 1.29 is 9.06 Å². The number of hydrogen-bond acceptors (Lipinski definition) is 5. The molecule has 0 fully saturated rings. The average molecular weight is 312 g/mol. The molecular formula is C17H20N4O2. The molecular weight excluding hydrogens is 292 g/mol. The fourth-order valence-corrected chi connectivity index (χ4v) is 2.82. The molecule has 1 aliphatic rings. The Kier molecular flexibility index (Phi) is 4.02. The van der Waals surface area contributed by atoms with E-state index < -0.39 is 0 Å². The summed E-state index contributed by atoms with van der Waals surface area (Å²) in [5, 5.41) is 12.9. The smallest absolute Gasteiger partial charge is 0.220 e. The van der Waals surface area contributed by atoms with E-state index in [2.05, 4.69) is 9.97 Å². The van der Waals surface area contributed by atoms with Crippen molar-refractivity contribution in [1.29, 1.82) is 0 Å². The molecule has 3 rings (SSSR count). The van der Waals surface area contributed by atoms with Gasteiger partial charge in [-0.15, -0.1) is 0 Å². The first-order chi connectivity index (χ1) is 11.0. The molecule has 23 heavy (non-hydrogen) atoms. The monoisotopic (exact) mass is 312 g/mol. The maximum absolute atomic E-state index is 12.9. The fourth-order valence-electron chi connectivity index (χ4n) is 2.82. The van der Waals surface area contributed by atoms with Crippen molar-refractivity contribution in [3.8, 4) is 11.5 Å². The second kappa shape index (κ2) is 5.98. The Labute approximate surface area is 135 Å². The van der Waals surface area contributed by atoms with E-state index in [0.717, 1.165) is 11.1 Å². The SMILES string of the molecule is CC(C)C[N+]1([O-])C=C(c2cnc(N)nc2-c2ccco2)C=CC1. The van der Waals surface area contributed by atoms with Crippen molar-refractivity contribution in [1.82, 2.24) is 9.97 Å². The standard InChI is InChI=1S/C17H20N4O2/c1-12(2)10-21(22)7-3-5-13(11-21)14-9-19-17(18)20-16(14)15-6-4-8-23-15/h3-6,8-9,11-12H,7,10H2,1-2H3,(H2,18,19,20). The number of furan rings is 1. The van der Waals surface area contributed by atoms with Crippen LogP contribution < -0.4 is 5.73 Å². The second-order valence-electron chi connectivity index (χ2n) is 6.17. The predicted molar refractivity (Wildman–Crippen MR) is 89.5 cm³/mol. The van der Waals surface area contributed by atoms with E-state index >= 15 is 0 Å². The van der Waals surface area contributed by atoms with Gasteiger partial charge in [0.2, 0.25) is 5.95 Å². The van der Waals surface area contributed by atoms with E-state index in [0.29, 0.717) is 30.5 Å². The van der Waals surface area contributed by atoms with Gasteiger partial charge >= 0.3 is 0 Å². The number of aromatic nitrogens is 2. The summed E-state index contributed by atoms with van der Waals surface area (Å²) in [6.07, 6.45) is 8.76. The molecule has 1 atom stereocenters. The molecule has 0 bridgehead atoms. The Morgan fingerprint density at radius 2 is 2.26 bits per heavy atom. The average Bonchev–Trinajstić information content (AvgIpc) is 2.99. The first-order valence-electron chi connectivity index (χ1n) is 7.61. The second-order valence-corrected chi connectivity index (χ2v) is 6.17. The van der Waals surface area contributed by atoms with E-state index in [4.69, 9.17) is 10.2 Å². The molecule has 6 nitrogen and oxygen atoms in total. The summed E-state index contributed by atoms with van der Waals surface area (Å²) in [4.78, 5) is 8.36. The number of allylic oxidation sites excluding steroid dienone is 2. The highest BCUT2D eigenvalue weighted by molar-refractivity contribution is 5.82. The Balaban J connectivity index is 2.06. The van der Waals surface area contributed by atoms with Gasteiger partial charge in [0.1, 0.15) is 18.4 Å². The minimum absolute atomic E-state index is 0.172. The lowest BCUT2D eigenvalue weighted by molar-refractivity contribution is -0.826. The Morgan fingerprint density at radius 3 is 2.96 bits per heavy atom. The van der Waals surface area contributed by atoms with Crippen LogP contribution in [0.3, 0.4) is 0 Å². The summed E-state index contributed by atoms with van der Waals surface area (Å²) in [5.74, 6) is 1.08. The summed E-state index contributed by atoms with van der Waals surface area (Å²) in [6, 6.07) is 3.60. The molecule has 0 aliphatic carbocycles. The molecule has 0 amide bonds. The van der Waals surface area contributed by atoms with E-state index in [1.807, 2.05) is 32.1 Å². The number of nitrogen functional groups attached to an aromatic ring is 1. The molecule has 0 saturated carbocycles. The third-order valence-electron chi connectivity index (χ3n) is 3.63. The van der Waals surface area contributed by atoms with Gasteiger partial charge < -0.3 is 20.0 Å². The third kappa shape index (κ3) is 3.33. The van der Waals surface area contributed by atoms with Gasteiger partial charge in [-0.2, -0.15) is 0 Å². The molecule has 3 heterocycles. The van der Waals surface area contributed by atoms with Gasteiger partial charge in [-0.1, -0.05) is 13.8 Å². The van der Waals surface area contributed by atoms with Crippen LogP contribution in [-0.4, -0.2) is 27.7 Å². The van der Waals surface area contributed by atoms with E-state index in [9.17, 15) is 5.21 Å². The van der Waals surface area contributed by atoms with Crippen LogP contribution in [-0.2, 0) is 0 Å². The summed E-state index contributed by atoms with van der Waals surface area (Å²) in [5.41, 5.74) is 7.84. The number of hydroxylamine groups is 3. The van der Waals surface area contributed by atoms with Gasteiger partial charge in [-0.25, -0.2) is 9.97 Å².